The summed E-state index contributed by atoms with van der Waals surface area (Å²) in [5.41, 5.74) is 1.15. The number of nitrogens with zero attached hydrogens (tertiary/aromatic N) is 1. The largest absolute Gasteiger partial charge is 0.326 e. The number of carbonyl (C=O) groups is 2. The summed E-state index contributed by atoms with van der Waals surface area (Å²) in [5.74, 6) is -1.62. The number of nitrogens with one attached hydrogen (secondary N) is 2. The van der Waals surface area contributed by atoms with Crippen LogP contribution in [0.15, 0.2) is 47.5 Å². The Kier molecular flexibility index (Phi) is 6.08. The van der Waals surface area contributed by atoms with E-state index >= 15 is 0 Å². The van der Waals surface area contributed by atoms with E-state index in [1.54, 1.807) is 12.1 Å². The predicted octanol–water partition coefficient (Wildman–Crippen LogP) is 3.73. The minimum absolute atomic E-state index is 0.0684. The summed E-state index contributed by atoms with van der Waals surface area (Å²) < 4.78 is 26.0. The van der Waals surface area contributed by atoms with Crippen molar-refractivity contribution < 1.29 is 18.4 Å². The first-order valence-electron chi connectivity index (χ1n) is 7.92. The van der Waals surface area contributed by atoms with E-state index in [-0.39, 0.29) is 29.7 Å². The lowest BCUT2D eigenvalue weighted by Crippen LogP contribution is -2.28. The quantitative estimate of drug-likeness (QED) is 0.790. The van der Waals surface area contributed by atoms with Crippen LogP contribution in [-0.2, 0) is 16.1 Å². The Morgan fingerprint density at radius 2 is 1.96 bits per heavy atom. The zero-order valence-electron chi connectivity index (χ0n) is 13.8. The number of amidine groups is 1. The molecular weight excluding hydrogens is 396 g/mol. The van der Waals surface area contributed by atoms with Crippen LogP contribution in [-0.4, -0.2) is 22.2 Å². The maximum Gasteiger partial charge on any atom is 0.240 e. The van der Waals surface area contributed by atoms with Crippen LogP contribution in [0.1, 0.15) is 12.0 Å². The van der Waals surface area contributed by atoms with Gasteiger partial charge in [0, 0.05) is 12.1 Å². The first kappa shape index (κ1) is 19.3. The van der Waals surface area contributed by atoms with Gasteiger partial charge < -0.3 is 10.6 Å². The fourth-order valence-corrected chi connectivity index (χ4v) is 3.47. The number of hydrogen-bond acceptors (Lipinski definition) is 4. The molecule has 9 heteroatoms. The maximum atomic E-state index is 13.1. The van der Waals surface area contributed by atoms with E-state index in [1.165, 1.54) is 24.3 Å². The van der Waals surface area contributed by atoms with Crippen LogP contribution in [0.5, 0.6) is 0 Å². The van der Waals surface area contributed by atoms with Crippen LogP contribution in [0.2, 0.25) is 5.02 Å². The van der Waals surface area contributed by atoms with E-state index in [2.05, 4.69) is 15.6 Å². The highest BCUT2D eigenvalue weighted by atomic mass is 35.5. The Bertz CT molecular complexity index is 906. The summed E-state index contributed by atoms with van der Waals surface area (Å²) in [6.07, 6.45) is -0.0684. The van der Waals surface area contributed by atoms with Crippen LogP contribution in [0, 0.1) is 11.6 Å². The highest BCUT2D eigenvalue weighted by Gasteiger charge is 2.32. The minimum atomic E-state index is -0.618. The normalized spacial score (nSPS) is 17.8. The number of thioether (sulfide) groups is 1. The number of rotatable bonds is 5. The molecule has 1 saturated heterocycles. The molecule has 5 nitrogen and oxygen atoms in total. The van der Waals surface area contributed by atoms with Crippen molar-refractivity contribution in [1.29, 1.82) is 0 Å². The van der Waals surface area contributed by atoms with Crippen LogP contribution >= 0.6 is 23.4 Å². The van der Waals surface area contributed by atoms with E-state index in [4.69, 9.17) is 11.6 Å². The molecule has 1 aliphatic rings. The van der Waals surface area contributed by atoms with E-state index in [0.717, 1.165) is 23.4 Å². The SMILES string of the molecule is O=C(C[C@H]1SC(=NCc2ccc(F)cc2)NC1=O)Nc1ccc(F)c(Cl)c1. The lowest BCUT2D eigenvalue weighted by molar-refractivity contribution is -0.122. The lowest BCUT2D eigenvalue weighted by Gasteiger charge is -2.08. The first-order chi connectivity index (χ1) is 12.9. The molecule has 3 rings (SSSR count). The Morgan fingerprint density at radius 1 is 1.22 bits per heavy atom. The topological polar surface area (TPSA) is 70.6 Å². The Labute approximate surface area is 163 Å². The molecule has 0 saturated carbocycles. The van der Waals surface area contributed by atoms with Crippen molar-refractivity contribution in [2.75, 3.05) is 5.32 Å². The van der Waals surface area contributed by atoms with Crippen molar-refractivity contribution in [3.8, 4) is 0 Å². The third-order valence-electron chi connectivity index (χ3n) is 3.67. The standard InChI is InChI=1S/C18H14ClF2N3O2S/c19-13-7-12(5-6-14(13)21)23-16(25)8-15-17(26)24-18(27-15)22-9-10-1-3-11(20)4-2-10/h1-7,15H,8-9H2,(H,23,25)(H,22,24,26)/t15-/m1/s1. The van der Waals surface area contributed by atoms with Gasteiger partial charge in [0.1, 0.15) is 16.9 Å². The molecule has 0 spiro atoms. The Morgan fingerprint density at radius 3 is 2.67 bits per heavy atom. The number of anilines is 1. The molecule has 2 amide bonds. The minimum Gasteiger partial charge on any atom is -0.326 e. The average Bonchev–Trinajstić information content (AvgIpc) is 2.97. The lowest BCUT2D eigenvalue weighted by atomic mass is 10.2. The molecule has 0 aromatic heterocycles. The summed E-state index contributed by atoms with van der Waals surface area (Å²) in [6, 6.07) is 9.73. The number of aliphatic imine (C=N–C) groups is 1. The fourth-order valence-electron chi connectivity index (χ4n) is 2.32. The van der Waals surface area contributed by atoms with Crippen molar-refractivity contribution >= 4 is 46.0 Å². The summed E-state index contributed by atoms with van der Waals surface area (Å²) in [7, 11) is 0. The zero-order chi connectivity index (χ0) is 19.4. The van der Waals surface area contributed by atoms with Crippen LogP contribution in [0.3, 0.4) is 0 Å². The second kappa shape index (κ2) is 8.49. The van der Waals surface area contributed by atoms with Crippen molar-refractivity contribution in [2.24, 2.45) is 4.99 Å². The van der Waals surface area contributed by atoms with Gasteiger partial charge in [0.05, 0.1) is 11.6 Å². The van der Waals surface area contributed by atoms with Crippen LogP contribution in [0.25, 0.3) is 0 Å². The molecule has 1 heterocycles. The van der Waals surface area contributed by atoms with E-state index in [0.29, 0.717) is 10.9 Å². The molecule has 27 heavy (non-hydrogen) atoms. The maximum absolute atomic E-state index is 13.1. The second-order valence-corrected chi connectivity index (χ2v) is 7.32. The van der Waals surface area contributed by atoms with Crippen LogP contribution in [0.4, 0.5) is 14.5 Å². The third kappa shape index (κ3) is 5.27. The van der Waals surface area contributed by atoms with Crippen molar-refractivity contribution in [2.45, 2.75) is 18.2 Å². The average molecular weight is 410 g/mol. The molecule has 2 N–H and O–H groups in total. The Hall–Kier alpha value is -2.45. The van der Waals surface area contributed by atoms with E-state index in [1.807, 2.05) is 0 Å². The Balaban J connectivity index is 1.55. The van der Waals surface area contributed by atoms with Crippen LogP contribution < -0.4 is 10.6 Å². The van der Waals surface area contributed by atoms with E-state index in [9.17, 15) is 18.4 Å². The summed E-state index contributed by atoms with van der Waals surface area (Å²) in [6.45, 7) is 0.288. The van der Waals surface area contributed by atoms with Gasteiger partial charge in [-0.15, -0.1) is 0 Å². The number of halogens is 3. The second-order valence-electron chi connectivity index (χ2n) is 5.72. The summed E-state index contributed by atoms with van der Waals surface area (Å²) in [5, 5.41) is 4.89. The fraction of sp³-hybridized carbons (Fsp3) is 0.167. The number of carbonyl (C=O) groups excluding carboxylic acids is 2. The van der Waals surface area contributed by atoms with Gasteiger partial charge in [-0.3, -0.25) is 14.6 Å². The van der Waals surface area contributed by atoms with Crippen molar-refractivity contribution in [1.82, 2.24) is 5.32 Å². The van der Waals surface area contributed by atoms with Gasteiger partial charge in [0.15, 0.2) is 5.17 Å². The number of hydrogen-bond donors (Lipinski definition) is 2. The molecule has 1 atom stereocenters. The van der Waals surface area contributed by atoms with Gasteiger partial charge in [0.2, 0.25) is 11.8 Å². The third-order valence-corrected chi connectivity index (χ3v) is 5.08. The summed E-state index contributed by atoms with van der Waals surface area (Å²) >= 11 is 6.83. The molecule has 0 aliphatic carbocycles. The van der Waals surface area contributed by atoms with Crippen molar-refractivity contribution in [3.05, 3.63) is 64.7 Å². The van der Waals surface area contributed by atoms with Gasteiger partial charge in [-0.2, -0.15) is 0 Å². The number of benzene rings is 2. The molecule has 2 aromatic carbocycles. The number of amides is 2. The van der Waals surface area contributed by atoms with Gasteiger partial charge in [-0.05, 0) is 35.9 Å². The smallest absolute Gasteiger partial charge is 0.240 e. The molecule has 1 fully saturated rings. The monoisotopic (exact) mass is 409 g/mol. The van der Waals surface area contributed by atoms with Gasteiger partial charge >= 0.3 is 0 Å². The van der Waals surface area contributed by atoms with Gasteiger partial charge in [0.25, 0.3) is 0 Å². The van der Waals surface area contributed by atoms with Gasteiger partial charge in [-0.25, -0.2) is 8.78 Å². The first-order valence-corrected chi connectivity index (χ1v) is 9.18. The highest BCUT2D eigenvalue weighted by molar-refractivity contribution is 8.15. The zero-order valence-corrected chi connectivity index (χ0v) is 15.4. The van der Waals surface area contributed by atoms with Gasteiger partial charge in [-0.1, -0.05) is 35.5 Å². The molecule has 1 aliphatic heterocycles. The predicted molar refractivity (Wildman–Crippen MR) is 102 cm³/mol. The molecule has 2 aromatic rings. The molecule has 0 radical (unpaired) electrons. The van der Waals surface area contributed by atoms with E-state index < -0.39 is 17.0 Å². The highest BCUT2D eigenvalue weighted by Crippen LogP contribution is 2.24. The molecular formula is C18H14ClF2N3O2S. The molecule has 0 unspecified atom stereocenters. The summed E-state index contributed by atoms with van der Waals surface area (Å²) in [4.78, 5) is 28.4. The molecule has 0 bridgehead atoms. The van der Waals surface area contributed by atoms with Crippen molar-refractivity contribution in [3.63, 3.8) is 0 Å². The molecule has 140 valence electrons.